The molecule has 7 heteroatoms. The van der Waals surface area contributed by atoms with E-state index in [2.05, 4.69) is 51.6 Å². The molecule has 0 aliphatic rings. The van der Waals surface area contributed by atoms with E-state index in [0.717, 1.165) is 10.4 Å². The molecule has 0 unspecified atom stereocenters. The molecule has 2 aromatic carbocycles. The molecule has 2 rings (SSSR count). The maximum absolute atomic E-state index is 13.2. The molecule has 0 spiro atoms. The Morgan fingerprint density at radius 2 is 1.44 bits per heavy atom. The molecule has 36 heavy (non-hydrogen) atoms. The Morgan fingerprint density at radius 1 is 0.944 bits per heavy atom. The zero-order valence-corrected chi connectivity index (χ0v) is 23.7. The van der Waals surface area contributed by atoms with Crippen molar-refractivity contribution in [3.63, 3.8) is 0 Å². The molecule has 0 fully saturated rings. The molecule has 1 atom stereocenters. The lowest BCUT2D eigenvalue weighted by Gasteiger charge is -2.44. The van der Waals surface area contributed by atoms with Crippen LogP contribution in [0.4, 0.5) is 4.79 Å². The Morgan fingerprint density at radius 3 is 1.83 bits per heavy atom. The quantitative estimate of drug-likeness (QED) is 0.257. The normalized spacial score (nSPS) is 13.0. The van der Waals surface area contributed by atoms with Gasteiger partial charge in [-0.05, 0) is 36.2 Å². The summed E-state index contributed by atoms with van der Waals surface area (Å²) in [6, 6.07) is 19.9. The molecule has 2 aromatic rings. The summed E-state index contributed by atoms with van der Waals surface area (Å²) in [4.78, 5) is 27.1. The van der Waals surface area contributed by atoms with E-state index in [1.54, 1.807) is 6.08 Å². The van der Waals surface area contributed by atoms with Crippen LogP contribution in [0.15, 0.2) is 73.3 Å². The second-order valence-electron chi connectivity index (χ2n) is 10.8. The first-order valence-electron chi connectivity index (χ1n) is 12.3. The molecular weight excluding hydrogens is 470 g/mol. The molecule has 196 valence electrons. The molecule has 0 N–H and O–H groups in total. The number of hydrogen-bond acceptors (Lipinski definition) is 5. The van der Waals surface area contributed by atoms with Gasteiger partial charge in [0.2, 0.25) is 0 Å². The first kappa shape index (κ1) is 29.3. The summed E-state index contributed by atoms with van der Waals surface area (Å²) in [6.45, 7) is 16.1. The molecule has 1 amide bonds. The van der Waals surface area contributed by atoms with Crippen molar-refractivity contribution in [2.75, 3.05) is 20.3 Å². The number of rotatable bonds is 10. The van der Waals surface area contributed by atoms with E-state index in [1.165, 1.54) is 12.0 Å². The lowest BCUT2D eigenvalue weighted by atomic mass is 10.2. The fourth-order valence-electron chi connectivity index (χ4n) is 4.35. The second-order valence-corrected chi connectivity index (χ2v) is 15.1. The minimum absolute atomic E-state index is 0.0260. The van der Waals surface area contributed by atoms with Crippen LogP contribution in [-0.2, 0) is 18.7 Å². The third kappa shape index (κ3) is 7.31. The van der Waals surface area contributed by atoms with E-state index in [0.29, 0.717) is 0 Å². The summed E-state index contributed by atoms with van der Waals surface area (Å²) in [5.41, 5.74) is -0.689. The number of hydrogen-bond donors (Lipinski definition) is 0. The molecule has 0 saturated heterocycles. The molecule has 0 bridgehead atoms. The predicted molar refractivity (Wildman–Crippen MR) is 147 cm³/mol. The first-order valence-corrected chi connectivity index (χ1v) is 14.2. The topological polar surface area (TPSA) is 65.1 Å². The van der Waals surface area contributed by atoms with Gasteiger partial charge in [-0.1, -0.05) is 87.5 Å². The Bertz CT molecular complexity index is 956. The number of carbonyl (C=O) groups excluding carboxylic acids is 2. The molecule has 0 aliphatic heterocycles. The van der Waals surface area contributed by atoms with Crippen LogP contribution in [0.25, 0.3) is 0 Å². The van der Waals surface area contributed by atoms with Gasteiger partial charge in [0, 0.05) is 6.54 Å². The van der Waals surface area contributed by atoms with E-state index in [4.69, 9.17) is 13.9 Å². The zero-order chi connectivity index (χ0) is 27.0. The Hall–Kier alpha value is -2.90. The summed E-state index contributed by atoms with van der Waals surface area (Å²) in [6.07, 6.45) is 1.07. The average molecular weight is 512 g/mol. The van der Waals surface area contributed by atoms with Gasteiger partial charge in [-0.15, -0.1) is 6.58 Å². The zero-order valence-electron chi connectivity index (χ0n) is 22.7. The van der Waals surface area contributed by atoms with Gasteiger partial charge in [0.05, 0.1) is 26.2 Å². The summed E-state index contributed by atoms with van der Waals surface area (Å²) in [7, 11) is -1.54. The van der Waals surface area contributed by atoms with Crippen molar-refractivity contribution in [2.45, 2.75) is 64.6 Å². The van der Waals surface area contributed by atoms with Crippen molar-refractivity contribution in [3.05, 3.63) is 73.3 Å². The minimum Gasteiger partial charge on any atom is -0.469 e. The molecule has 0 aliphatic carbocycles. The predicted octanol–water partition coefficient (Wildman–Crippen LogP) is 4.92. The fraction of sp³-hybridized carbons (Fsp3) is 0.448. The fourth-order valence-corrected chi connectivity index (χ4v) is 8.95. The number of nitrogens with zero attached hydrogens (tertiary/aromatic N) is 1. The summed E-state index contributed by atoms with van der Waals surface area (Å²) >= 11 is 0. The van der Waals surface area contributed by atoms with Crippen molar-refractivity contribution in [1.29, 1.82) is 0 Å². The smallest absolute Gasteiger partial charge is 0.410 e. The van der Waals surface area contributed by atoms with Crippen LogP contribution in [0.1, 0.15) is 48.0 Å². The van der Waals surface area contributed by atoms with Gasteiger partial charge >= 0.3 is 12.1 Å². The van der Waals surface area contributed by atoms with Crippen LogP contribution in [0.5, 0.6) is 0 Å². The van der Waals surface area contributed by atoms with E-state index < -0.39 is 32.0 Å². The largest absolute Gasteiger partial charge is 0.469 e. The minimum atomic E-state index is -2.88. The Kier molecular flexibility index (Phi) is 10.1. The summed E-state index contributed by atoms with van der Waals surface area (Å²) in [5, 5.41) is 1.99. The lowest BCUT2D eigenvalue weighted by molar-refractivity contribution is -0.142. The maximum atomic E-state index is 13.2. The molecule has 0 aromatic heterocycles. The van der Waals surface area contributed by atoms with E-state index in [-0.39, 0.29) is 24.6 Å². The van der Waals surface area contributed by atoms with Gasteiger partial charge in [0.1, 0.15) is 5.60 Å². The van der Waals surface area contributed by atoms with E-state index >= 15 is 0 Å². The first-order chi connectivity index (χ1) is 16.9. The van der Waals surface area contributed by atoms with Gasteiger partial charge in [-0.3, -0.25) is 9.69 Å². The Balaban J connectivity index is 2.58. The van der Waals surface area contributed by atoms with Gasteiger partial charge in [-0.2, -0.15) is 0 Å². The third-order valence-corrected chi connectivity index (χ3v) is 10.9. The number of esters is 1. The number of benzene rings is 2. The highest BCUT2D eigenvalue weighted by Gasteiger charge is 2.50. The summed E-state index contributed by atoms with van der Waals surface area (Å²) < 4.78 is 17.7. The Labute approximate surface area is 217 Å². The van der Waals surface area contributed by atoms with Crippen LogP contribution >= 0.6 is 0 Å². The van der Waals surface area contributed by atoms with Gasteiger partial charge in [0.25, 0.3) is 8.32 Å². The third-order valence-electron chi connectivity index (χ3n) is 5.93. The van der Waals surface area contributed by atoms with Crippen molar-refractivity contribution in [2.24, 2.45) is 0 Å². The van der Waals surface area contributed by atoms with Gasteiger partial charge in [-0.25, -0.2) is 4.79 Å². The lowest BCUT2D eigenvalue weighted by Crippen LogP contribution is -2.67. The highest BCUT2D eigenvalue weighted by molar-refractivity contribution is 6.99. The maximum Gasteiger partial charge on any atom is 0.410 e. The van der Waals surface area contributed by atoms with E-state index in [9.17, 15) is 9.59 Å². The van der Waals surface area contributed by atoms with Crippen LogP contribution in [0, 0.1) is 0 Å². The number of methoxy groups -OCH3 is 1. The van der Waals surface area contributed by atoms with Gasteiger partial charge in [0.15, 0.2) is 0 Å². The van der Waals surface area contributed by atoms with Crippen LogP contribution in [-0.4, -0.2) is 57.2 Å². The average Bonchev–Trinajstić information content (AvgIpc) is 2.81. The summed E-state index contributed by atoms with van der Waals surface area (Å²) in [5.74, 6) is -0.427. The monoisotopic (exact) mass is 511 g/mol. The number of ether oxygens (including phenoxy) is 2. The second kappa shape index (κ2) is 12.4. The number of amides is 1. The van der Waals surface area contributed by atoms with Crippen molar-refractivity contribution < 1.29 is 23.5 Å². The van der Waals surface area contributed by atoms with E-state index in [1.807, 2.05) is 57.2 Å². The van der Waals surface area contributed by atoms with Crippen molar-refractivity contribution in [1.82, 2.24) is 4.90 Å². The van der Waals surface area contributed by atoms with Crippen LogP contribution < -0.4 is 10.4 Å². The molecule has 0 heterocycles. The van der Waals surface area contributed by atoms with Crippen molar-refractivity contribution >= 4 is 30.8 Å². The highest BCUT2D eigenvalue weighted by atomic mass is 28.4. The standard InChI is InChI=1S/C29H41NO5Si/c1-9-20-30(27(32)35-28(2,3)4)23(21-26(31)33-8)22-34-36(29(5,6)7,24-16-12-10-13-17-24)25-18-14-11-15-19-25/h9-19,23H,1,20-22H2,2-8H3/t23-/m0/s1. The molecular formula is C29H41NO5Si. The number of carbonyl (C=O) groups is 2. The van der Waals surface area contributed by atoms with Crippen LogP contribution in [0.2, 0.25) is 5.04 Å². The van der Waals surface area contributed by atoms with Crippen LogP contribution in [0.3, 0.4) is 0 Å². The SMILES string of the molecule is C=CCN(C(=O)OC(C)(C)C)[C@H](CO[Si](c1ccccc1)(c1ccccc1)C(C)(C)C)CC(=O)OC. The molecule has 0 saturated carbocycles. The van der Waals surface area contributed by atoms with Gasteiger partial charge < -0.3 is 13.9 Å². The molecule has 0 radical (unpaired) electrons. The highest BCUT2D eigenvalue weighted by Crippen LogP contribution is 2.37. The van der Waals surface area contributed by atoms with Crippen molar-refractivity contribution in [3.8, 4) is 0 Å². The molecule has 6 nitrogen and oxygen atoms in total.